The summed E-state index contributed by atoms with van der Waals surface area (Å²) < 4.78 is 24.3. The Labute approximate surface area is 160 Å². The maximum Gasteiger partial charge on any atom is 0.253 e. The summed E-state index contributed by atoms with van der Waals surface area (Å²) in [5, 5.41) is 3.14. The number of amides is 1. The number of rotatable bonds is 7. The second-order valence-electron chi connectivity index (χ2n) is 6.29. The highest BCUT2D eigenvalue weighted by Gasteiger charge is 2.17. The third-order valence-electron chi connectivity index (χ3n) is 4.14. The van der Waals surface area contributed by atoms with Crippen LogP contribution in [-0.2, 0) is 16.4 Å². The lowest BCUT2D eigenvalue weighted by molar-refractivity contribution is 0.0938. The molecule has 5 nitrogen and oxygen atoms in total. The van der Waals surface area contributed by atoms with E-state index in [1.54, 1.807) is 12.1 Å². The van der Waals surface area contributed by atoms with E-state index >= 15 is 0 Å². The fourth-order valence-corrected chi connectivity index (χ4v) is 3.23. The highest BCUT2D eigenvalue weighted by atomic mass is 35.5. The molecule has 0 aromatic heterocycles. The molecule has 0 saturated carbocycles. The number of hydrogen-bond acceptors (Lipinski definition) is 3. The highest BCUT2D eigenvalue weighted by molar-refractivity contribution is 7.92. The summed E-state index contributed by atoms with van der Waals surface area (Å²) in [5.41, 5.74) is 1.95. The molecule has 0 spiro atoms. The van der Waals surface area contributed by atoms with E-state index in [9.17, 15) is 13.2 Å². The van der Waals surface area contributed by atoms with Crippen LogP contribution < -0.4 is 9.62 Å². The van der Waals surface area contributed by atoms with Crippen LogP contribution in [0.1, 0.15) is 29.3 Å². The molecule has 0 radical (unpaired) electrons. The van der Waals surface area contributed by atoms with Crippen molar-refractivity contribution in [3.63, 3.8) is 0 Å². The molecule has 2 rings (SSSR count). The lowest BCUT2D eigenvalue weighted by atomic mass is 10.1. The lowest BCUT2D eigenvalue weighted by Crippen LogP contribution is -2.33. The SMILES string of the molecule is C[C@H](CCc1ccccc1)NC(=O)c1ccc(N(C)S(C)(=O)=O)cc1Cl. The molecule has 1 amide bonds. The molecule has 2 aromatic rings. The number of hydrogen-bond donors (Lipinski definition) is 1. The van der Waals surface area contributed by atoms with Crippen molar-refractivity contribution in [1.29, 1.82) is 0 Å². The number of carbonyl (C=O) groups excluding carboxylic acids is 1. The number of anilines is 1. The molecule has 0 fully saturated rings. The fraction of sp³-hybridized carbons (Fsp3) is 0.316. The topological polar surface area (TPSA) is 66.5 Å². The lowest BCUT2D eigenvalue weighted by Gasteiger charge is -2.18. The molecule has 0 bridgehead atoms. The molecule has 1 N–H and O–H groups in total. The summed E-state index contributed by atoms with van der Waals surface area (Å²) in [5.74, 6) is -0.274. The first-order chi connectivity index (χ1) is 12.2. The zero-order chi connectivity index (χ0) is 19.3. The van der Waals surface area contributed by atoms with E-state index in [1.165, 1.54) is 18.7 Å². The van der Waals surface area contributed by atoms with Crippen LogP contribution in [0.15, 0.2) is 48.5 Å². The van der Waals surface area contributed by atoms with Crippen LogP contribution in [-0.4, -0.2) is 33.7 Å². The van der Waals surface area contributed by atoms with Gasteiger partial charge in [0.2, 0.25) is 10.0 Å². The minimum Gasteiger partial charge on any atom is -0.350 e. The molecule has 0 aliphatic rings. The zero-order valence-corrected chi connectivity index (χ0v) is 16.6. The molecule has 2 aromatic carbocycles. The number of sulfonamides is 1. The van der Waals surface area contributed by atoms with Gasteiger partial charge in [0.25, 0.3) is 5.91 Å². The summed E-state index contributed by atoms with van der Waals surface area (Å²) in [4.78, 5) is 12.4. The van der Waals surface area contributed by atoms with E-state index in [2.05, 4.69) is 17.4 Å². The van der Waals surface area contributed by atoms with Crippen LogP contribution in [0.4, 0.5) is 5.69 Å². The molecular formula is C19H23ClN2O3S. The van der Waals surface area contributed by atoms with Crippen molar-refractivity contribution in [3.05, 3.63) is 64.7 Å². The second-order valence-corrected chi connectivity index (χ2v) is 8.71. The van der Waals surface area contributed by atoms with Crippen LogP contribution in [0.3, 0.4) is 0 Å². The Morgan fingerprint density at radius 3 is 2.42 bits per heavy atom. The molecule has 0 aliphatic heterocycles. The fourth-order valence-electron chi connectivity index (χ4n) is 2.48. The molecule has 7 heteroatoms. The maximum atomic E-state index is 12.4. The number of carbonyl (C=O) groups is 1. The van der Waals surface area contributed by atoms with Gasteiger partial charge in [0.05, 0.1) is 22.5 Å². The normalized spacial score (nSPS) is 12.5. The Balaban J connectivity index is 2.00. The smallest absolute Gasteiger partial charge is 0.253 e. The summed E-state index contributed by atoms with van der Waals surface area (Å²) in [7, 11) is -1.95. The summed E-state index contributed by atoms with van der Waals surface area (Å²) in [6, 6.07) is 14.6. The van der Waals surface area contributed by atoms with Crippen molar-refractivity contribution in [2.75, 3.05) is 17.6 Å². The van der Waals surface area contributed by atoms with Crippen molar-refractivity contribution in [3.8, 4) is 0 Å². The first-order valence-corrected chi connectivity index (χ1v) is 10.5. The van der Waals surface area contributed by atoms with Crippen molar-refractivity contribution < 1.29 is 13.2 Å². The predicted molar refractivity (Wildman–Crippen MR) is 106 cm³/mol. The van der Waals surface area contributed by atoms with E-state index in [0.717, 1.165) is 23.4 Å². The molecule has 0 aliphatic carbocycles. The van der Waals surface area contributed by atoms with E-state index in [4.69, 9.17) is 11.6 Å². The maximum absolute atomic E-state index is 12.4. The molecule has 0 saturated heterocycles. The first-order valence-electron chi connectivity index (χ1n) is 8.26. The van der Waals surface area contributed by atoms with Crippen LogP contribution in [0.2, 0.25) is 5.02 Å². The van der Waals surface area contributed by atoms with E-state index in [0.29, 0.717) is 11.3 Å². The van der Waals surface area contributed by atoms with Crippen LogP contribution in [0, 0.1) is 0 Å². The number of aryl methyl sites for hydroxylation is 1. The van der Waals surface area contributed by atoms with Gasteiger partial charge in [-0.3, -0.25) is 9.10 Å². The Morgan fingerprint density at radius 2 is 1.85 bits per heavy atom. The van der Waals surface area contributed by atoms with Gasteiger partial charge in [0, 0.05) is 13.1 Å². The average Bonchev–Trinajstić information content (AvgIpc) is 2.59. The molecule has 26 heavy (non-hydrogen) atoms. The Hall–Kier alpha value is -2.05. The van der Waals surface area contributed by atoms with Gasteiger partial charge in [-0.25, -0.2) is 8.42 Å². The van der Waals surface area contributed by atoms with Gasteiger partial charge >= 0.3 is 0 Å². The average molecular weight is 395 g/mol. The van der Waals surface area contributed by atoms with Gasteiger partial charge in [0.1, 0.15) is 0 Å². The minimum atomic E-state index is -3.38. The van der Waals surface area contributed by atoms with Gasteiger partial charge in [-0.2, -0.15) is 0 Å². The number of nitrogens with zero attached hydrogens (tertiary/aromatic N) is 1. The Morgan fingerprint density at radius 1 is 1.19 bits per heavy atom. The summed E-state index contributed by atoms with van der Waals surface area (Å²) >= 11 is 6.19. The number of nitrogens with one attached hydrogen (secondary N) is 1. The third kappa shape index (κ3) is 5.47. The van der Waals surface area contributed by atoms with Crippen molar-refractivity contribution in [2.45, 2.75) is 25.8 Å². The first kappa shape index (κ1) is 20.3. The Bertz CT molecular complexity index is 870. The van der Waals surface area contributed by atoms with Crippen LogP contribution >= 0.6 is 11.6 Å². The highest BCUT2D eigenvalue weighted by Crippen LogP contribution is 2.24. The van der Waals surface area contributed by atoms with E-state index in [-0.39, 0.29) is 17.0 Å². The van der Waals surface area contributed by atoms with Crippen LogP contribution in [0.25, 0.3) is 0 Å². The molecule has 1 atom stereocenters. The van der Waals surface area contributed by atoms with Crippen molar-refractivity contribution >= 4 is 33.2 Å². The quantitative estimate of drug-likeness (QED) is 0.781. The monoisotopic (exact) mass is 394 g/mol. The summed E-state index contributed by atoms with van der Waals surface area (Å²) in [6.07, 6.45) is 2.78. The second kappa shape index (κ2) is 8.56. The third-order valence-corrected chi connectivity index (χ3v) is 5.66. The predicted octanol–water partition coefficient (Wildman–Crippen LogP) is 3.49. The van der Waals surface area contributed by atoms with Gasteiger partial charge < -0.3 is 5.32 Å². The minimum absolute atomic E-state index is 0.0165. The van der Waals surface area contributed by atoms with Gasteiger partial charge in [-0.05, 0) is 43.5 Å². The van der Waals surface area contributed by atoms with E-state index in [1.807, 2.05) is 25.1 Å². The van der Waals surface area contributed by atoms with Gasteiger partial charge in [-0.1, -0.05) is 41.9 Å². The molecule has 0 unspecified atom stereocenters. The van der Waals surface area contributed by atoms with Crippen molar-refractivity contribution in [2.24, 2.45) is 0 Å². The van der Waals surface area contributed by atoms with E-state index < -0.39 is 10.0 Å². The Kier molecular flexibility index (Phi) is 6.67. The number of halogens is 1. The molecule has 140 valence electrons. The number of benzene rings is 2. The standard InChI is InChI=1S/C19H23ClN2O3S/c1-14(9-10-15-7-5-4-6-8-15)21-19(23)17-12-11-16(13-18(17)20)22(2)26(3,24)25/h4-8,11-14H,9-10H2,1-3H3,(H,21,23)/t14-/m1/s1. The van der Waals surface area contributed by atoms with Gasteiger partial charge in [0.15, 0.2) is 0 Å². The van der Waals surface area contributed by atoms with Gasteiger partial charge in [-0.15, -0.1) is 0 Å². The summed E-state index contributed by atoms with van der Waals surface area (Å²) in [6.45, 7) is 1.94. The molecule has 0 heterocycles. The molecular weight excluding hydrogens is 372 g/mol. The zero-order valence-electron chi connectivity index (χ0n) is 15.1. The largest absolute Gasteiger partial charge is 0.350 e. The van der Waals surface area contributed by atoms with Crippen molar-refractivity contribution in [1.82, 2.24) is 5.32 Å². The van der Waals surface area contributed by atoms with Crippen LogP contribution in [0.5, 0.6) is 0 Å².